The van der Waals surface area contributed by atoms with Crippen molar-refractivity contribution in [3.05, 3.63) is 23.3 Å². The minimum atomic E-state index is -0.787. The third kappa shape index (κ3) is 2.95. The molecule has 8 unspecified atom stereocenters. The van der Waals surface area contributed by atoms with Gasteiger partial charge in [0.1, 0.15) is 5.78 Å². The predicted octanol–water partition coefficient (Wildman–Crippen LogP) is 6.42. The first-order valence-electron chi connectivity index (χ1n) is 13.8. The summed E-state index contributed by atoms with van der Waals surface area (Å²) >= 11 is 0. The number of carbonyl (C=O) groups is 2. The summed E-state index contributed by atoms with van der Waals surface area (Å²) in [6, 6.07) is 0. The van der Waals surface area contributed by atoms with Crippen LogP contribution in [0.4, 0.5) is 0 Å². The average Bonchev–Trinajstić information content (AvgIpc) is 2.78. The van der Waals surface area contributed by atoms with Crippen molar-refractivity contribution in [3.63, 3.8) is 0 Å². The zero-order chi connectivity index (χ0) is 25.8. The normalized spacial score (nSPS) is 50.5. The summed E-state index contributed by atoms with van der Waals surface area (Å²) in [6.45, 7) is 16.0. The van der Waals surface area contributed by atoms with E-state index in [1.807, 2.05) is 6.92 Å². The van der Waals surface area contributed by atoms with Crippen molar-refractivity contribution >= 4 is 11.8 Å². The van der Waals surface area contributed by atoms with Gasteiger partial charge in [-0.15, -0.1) is 0 Å². The zero-order valence-electron chi connectivity index (χ0n) is 23.2. The van der Waals surface area contributed by atoms with Crippen LogP contribution in [0.25, 0.3) is 0 Å². The maximum atomic E-state index is 13.6. The molecular weight excluding hydrogens is 436 g/mol. The Hall–Kier alpha value is -1.42. The first kappa shape index (κ1) is 25.2. The van der Waals surface area contributed by atoms with Crippen molar-refractivity contribution in [2.45, 2.75) is 106 Å². The van der Waals surface area contributed by atoms with Crippen molar-refractivity contribution in [1.29, 1.82) is 0 Å². The quantitative estimate of drug-likeness (QED) is 0.438. The fraction of sp³-hybridized carbons (Fsp3) is 0.806. The lowest BCUT2D eigenvalue weighted by Gasteiger charge is -2.69. The molecule has 0 amide bonds. The summed E-state index contributed by atoms with van der Waals surface area (Å²) in [6.07, 6.45) is 11.5. The van der Waals surface area contributed by atoms with Gasteiger partial charge in [-0.25, -0.2) is 0 Å². The maximum Gasteiger partial charge on any atom is 0.312 e. The van der Waals surface area contributed by atoms with Crippen LogP contribution < -0.4 is 0 Å². The number of aliphatic hydroxyl groups is 1. The molecule has 0 saturated heterocycles. The molecule has 3 saturated carbocycles. The summed E-state index contributed by atoms with van der Waals surface area (Å²) in [5, 5.41) is 10.9. The SMILES string of the molecule is COC(=O)C1(C)CC(=O)C2(C)CCC3(C)C(=C2C1)C=CC1C2(C)CCC(O)C(C)(C)C2CCC13C. The van der Waals surface area contributed by atoms with Crippen LogP contribution in [-0.2, 0) is 14.3 Å². The van der Waals surface area contributed by atoms with Crippen molar-refractivity contribution < 1.29 is 19.4 Å². The topological polar surface area (TPSA) is 63.6 Å². The molecule has 3 fully saturated rings. The summed E-state index contributed by atoms with van der Waals surface area (Å²) < 4.78 is 5.17. The first-order valence-corrected chi connectivity index (χ1v) is 13.8. The summed E-state index contributed by atoms with van der Waals surface area (Å²) in [4.78, 5) is 26.4. The molecule has 0 aromatic carbocycles. The van der Waals surface area contributed by atoms with E-state index in [0.29, 0.717) is 18.3 Å². The molecule has 0 bridgehead atoms. The molecule has 35 heavy (non-hydrogen) atoms. The molecule has 0 aromatic heterocycles. The highest BCUT2D eigenvalue weighted by Gasteiger charge is 2.67. The van der Waals surface area contributed by atoms with Gasteiger partial charge in [0.2, 0.25) is 0 Å². The number of Topliss-reactive ketones (excluding diaryl/α,β-unsaturated/α-hetero) is 1. The van der Waals surface area contributed by atoms with Gasteiger partial charge in [0.15, 0.2) is 0 Å². The van der Waals surface area contributed by atoms with Crippen LogP contribution in [0.5, 0.6) is 0 Å². The second kappa shape index (κ2) is 7.33. The van der Waals surface area contributed by atoms with Crippen LogP contribution in [0.15, 0.2) is 23.3 Å². The van der Waals surface area contributed by atoms with Crippen LogP contribution in [0, 0.1) is 44.3 Å². The molecule has 194 valence electrons. The number of fused-ring (bicyclic) bond motifs is 6. The lowest BCUT2D eigenvalue weighted by molar-refractivity contribution is -0.182. The monoisotopic (exact) mass is 482 g/mol. The van der Waals surface area contributed by atoms with E-state index in [2.05, 4.69) is 53.7 Å². The number of allylic oxidation sites excluding steroid dienone is 4. The van der Waals surface area contributed by atoms with E-state index in [9.17, 15) is 14.7 Å². The van der Waals surface area contributed by atoms with Crippen LogP contribution in [0.1, 0.15) is 99.8 Å². The van der Waals surface area contributed by atoms with Gasteiger partial charge in [-0.05, 0) is 97.9 Å². The first-order chi connectivity index (χ1) is 16.1. The Morgan fingerprint density at radius 1 is 0.971 bits per heavy atom. The van der Waals surface area contributed by atoms with Crippen molar-refractivity contribution in [2.24, 2.45) is 44.3 Å². The Bertz CT molecular complexity index is 1040. The Kier molecular flexibility index (Phi) is 5.29. The van der Waals surface area contributed by atoms with Gasteiger partial charge in [0, 0.05) is 11.8 Å². The van der Waals surface area contributed by atoms with Crippen molar-refractivity contribution in [3.8, 4) is 0 Å². The standard InChI is InChI=1S/C31H46O4/c1-26(2)21-11-14-31(7)22(29(21,5)13-12-23(26)32)10-9-19-20-17-27(3,25(34)35-8)18-24(33)28(20,4)15-16-30(19,31)6/h9-10,21-23,32H,11-18H2,1-8H3. The molecule has 4 nitrogen and oxygen atoms in total. The third-order valence-electron chi connectivity index (χ3n) is 12.7. The molecule has 4 heteroatoms. The molecule has 5 aliphatic rings. The van der Waals surface area contributed by atoms with Gasteiger partial charge in [-0.3, -0.25) is 9.59 Å². The Morgan fingerprint density at radius 2 is 1.66 bits per heavy atom. The molecular formula is C31H46O4. The molecule has 0 aromatic rings. The van der Waals surface area contributed by atoms with Gasteiger partial charge in [-0.1, -0.05) is 52.3 Å². The summed E-state index contributed by atoms with van der Waals surface area (Å²) in [5.74, 6) is 0.853. The highest BCUT2D eigenvalue weighted by molar-refractivity contribution is 5.95. The number of methoxy groups -OCH3 is 1. The Balaban J connectivity index is 1.66. The van der Waals surface area contributed by atoms with Crippen LogP contribution in [0.3, 0.4) is 0 Å². The molecule has 1 N–H and O–H groups in total. The minimum absolute atomic E-state index is 0.0376. The van der Waals surface area contributed by atoms with Gasteiger partial charge in [0.25, 0.3) is 0 Å². The zero-order valence-corrected chi connectivity index (χ0v) is 23.2. The van der Waals surface area contributed by atoms with Crippen LogP contribution in [0.2, 0.25) is 0 Å². The van der Waals surface area contributed by atoms with Crippen LogP contribution >= 0.6 is 0 Å². The van der Waals surface area contributed by atoms with E-state index in [1.165, 1.54) is 18.3 Å². The van der Waals surface area contributed by atoms with Gasteiger partial charge in [0.05, 0.1) is 18.6 Å². The Morgan fingerprint density at radius 3 is 2.31 bits per heavy atom. The largest absolute Gasteiger partial charge is 0.469 e. The third-order valence-corrected chi connectivity index (χ3v) is 12.7. The lowest BCUT2D eigenvalue weighted by Crippen LogP contribution is -2.63. The number of ketones is 1. The summed E-state index contributed by atoms with van der Waals surface area (Å²) in [7, 11) is 1.43. The minimum Gasteiger partial charge on any atom is -0.469 e. The van der Waals surface area contributed by atoms with E-state index >= 15 is 0 Å². The van der Waals surface area contributed by atoms with E-state index < -0.39 is 10.8 Å². The van der Waals surface area contributed by atoms with E-state index in [-0.39, 0.29) is 45.9 Å². The molecule has 0 radical (unpaired) electrons. The molecule has 8 atom stereocenters. The number of carbonyl (C=O) groups excluding carboxylic acids is 2. The summed E-state index contributed by atoms with van der Waals surface area (Å²) in [5.41, 5.74) is 1.36. The maximum absolute atomic E-state index is 13.6. The smallest absolute Gasteiger partial charge is 0.312 e. The number of aliphatic hydroxyl groups excluding tert-OH is 1. The number of ether oxygens (including phenoxy) is 1. The molecule has 0 heterocycles. The fourth-order valence-corrected chi connectivity index (χ4v) is 10.0. The van der Waals surface area contributed by atoms with E-state index in [4.69, 9.17) is 4.74 Å². The van der Waals surface area contributed by atoms with Crippen LogP contribution in [-0.4, -0.2) is 30.1 Å². The molecule has 0 spiro atoms. The van der Waals surface area contributed by atoms with Crippen molar-refractivity contribution in [1.82, 2.24) is 0 Å². The highest BCUT2D eigenvalue weighted by atomic mass is 16.5. The second-order valence-corrected chi connectivity index (χ2v) is 14.6. The highest BCUT2D eigenvalue weighted by Crippen LogP contribution is 2.73. The van der Waals surface area contributed by atoms with Gasteiger partial charge < -0.3 is 9.84 Å². The number of rotatable bonds is 1. The van der Waals surface area contributed by atoms with Crippen molar-refractivity contribution in [2.75, 3.05) is 7.11 Å². The second-order valence-electron chi connectivity index (χ2n) is 14.6. The van der Waals surface area contributed by atoms with Gasteiger partial charge in [-0.2, -0.15) is 0 Å². The fourth-order valence-electron chi connectivity index (χ4n) is 10.0. The average molecular weight is 483 g/mol. The molecule has 0 aliphatic heterocycles. The molecule has 5 rings (SSSR count). The lowest BCUT2D eigenvalue weighted by atomic mass is 9.35. The predicted molar refractivity (Wildman–Crippen MR) is 137 cm³/mol. The number of hydrogen-bond donors (Lipinski definition) is 1. The number of hydrogen-bond acceptors (Lipinski definition) is 4. The Labute approximate surface area is 212 Å². The molecule has 5 aliphatic carbocycles. The van der Waals surface area contributed by atoms with E-state index in [1.54, 1.807) is 0 Å². The number of esters is 1. The van der Waals surface area contributed by atoms with Gasteiger partial charge >= 0.3 is 5.97 Å². The van der Waals surface area contributed by atoms with E-state index in [0.717, 1.165) is 38.5 Å².